The van der Waals surface area contributed by atoms with Gasteiger partial charge in [0.2, 0.25) is 5.91 Å². The van der Waals surface area contributed by atoms with Gasteiger partial charge in [0, 0.05) is 30.4 Å². The molecule has 0 spiro atoms. The molecule has 1 aliphatic rings. The van der Waals surface area contributed by atoms with Crippen molar-refractivity contribution < 1.29 is 14.1 Å². The highest BCUT2D eigenvalue weighted by Gasteiger charge is 2.38. The second-order valence-electron chi connectivity index (χ2n) is 8.36. The maximum Gasteiger partial charge on any atom is 0.318 e. The first kappa shape index (κ1) is 20.9. The number of nitrogens with one attached hydrogen (secondary N) is 3. The fourth-order valence-corrected chi connectivity index (χ4v) is 3.70. The lowest BCUT2D eigenvalue weighted by atomic mass is 10.0. The van der Waals surface area contributed by atoms with Crippen LogP contribution in [0.5, 0.6) is 0 Å². The van der Waals surface area contributed by atoms with Gasteiger partial charge in [0.1, 0.15) is 5.76 Å². The van der Waals surface area contributed by atoms with Gasteiger partial charge >= 0.3 is 6.03 Å². The molecule has 29 heavy (non-hydrogen) atoms. The molecule has 0 saturated carbocycles. The summed E-state index contributed by atoms with van der Waals surface area (Å²) in [4.78, 5) is 26.4. The highest BCUT2D eigenvalue weighted by molar-refractivity contribution is 5.91. The molecule has 0 aliphatic carbocycles. The van der Waals surface area contributed by atoms with E-state index >= 15 is 0 Å². The second-order valence-corrected chi connectivity index (χ2v) is 8.36. The number of nitrogens with zero attached hydrogens (tertiary/aromatic N) is 3. The molecule has 1 fully saturated rings. The van der Waals surface area contributed by atoms with Gasteiger partial charge in [-0.15, -0.1) is 0 Å². The van der Waals surface area contributed by atoms with Gasteiger partial charge in [-0.1, -0.05) is 18.5 Å². The van der Waals surface area contributed by atoms with E-state index in [0.29, 0.717) is 18.1 Å². The van der Waals surface area contributed by atoms with Crippen LogP contribution in [-0.2, 0) is 17.6 Å². The van der Waals surface area contributed by atoms with Crippen LogP contribution in [0.3, 0.4) is 0 Å². The van der Waals surface area contributed by atoms with Crippen molar-refractivity contribution in [3.8, 4) is 0 Å². The fourth-order valence-electron chi connectivity index (χ4n) is 3.70. The number of carbonyl (C=O) groups is 2. The third-order valence-corrected chi connectivity index (χ3v) is 4.99. The Morgan fingerprint density at radius 1 is 1.38 bits per heavy atom. The number of hydrogen-bond donors (Lipinski definition) is 3. The Balaban J connectivity index is 1.53. The molecule has 9 nitrogen and oxygen atoms in total. The van der Waals surface area contributed by atoms with Crippen LogP contribution in [0.15, 0.2) is 16.7 Å². The maximum atomic E-state index is 12.3. The molecule has 3 N–H and O–H groups in total. The van der Waals surface area contributed by atoms with E-state index < -0.39 is 0 Å². The zero-order chi connectivity index (χ0) is 21.0. The number of aromatic nitrogens is 3. The van der Waals surface area contributed by atoms with Crippen LogP contribution < -0.4 is 10.6 Å². The predicted molar refractivity (Wildman–Crippen MR) is 108 cm³/mol. The Morgan fingerprint density at radius 2 is 2.17 bits per heavy atom. The summed E-state index contributed by atoms with van der Waals surface area (Å²) in [7, 11) is 0. The molecule has 3 heterocycles. The molecule has 9 heteroatoms. The van der Waals surface area contributed by atoms with Gasteiger partial charge in [0.15, 0.2) is 5.82 Å². The number of urea groups is 1. The van der Waals surface area contributed by atoms with Crippen LogP contribution in [0.4, 0.5) is 10.6 Å². The van der Waals surface area contributed by atoms with Crippen molar-refractivity contribution in [2.75, 3.05) is 11.9 Å². The predicted octanol–water partition coefficient (Wildman–Crippen LogP) is 2.79. The lowest BCUT2D eigenvalue weighted by molar-refractivity contribution is -0.115. The summed E-state index contributed by atoms with van der Waals surface area (Å²) in [6.45, 7) is 8.73. The quantitative estimate of drug-likeness (QED) is 0.596. The van der Waals surface area contributed by atoms with Crippen molar-refractivity contribution in [3.63, 3.8) is 0 Å². The molecule has 3 amide bonds. The van der Waals surface area contributed by atoms with Gasteiger partial charge in [0.25, 0.3) is 0 Å². The molecule has 2 aromatic heterocycles. The first-order valence-electron chi connectivity index (χ1n) is 10.1. The highest BCUT2D eigenvalue weighted by Crippen LogP contribution is 2.23. The van der Waals surface area contributed by atoms with E-state index in [1.165, 1.54) is 0 Å². The third-order valence-electron chi connectivity index (χ3n) is 4.99. The van der Waals surface area contributed by atoms with Crippen molar-refractivity contribution in [1.82, 2.24) is 25.6 Å². The number of hydrogen-bond acceptors (Lipinski definition) is 5. The first-order valence-corrected chi connectivity index (χ1v) is 10.1. The van der Waals surface area contributed by atoms with Crippen LogP contribution in [0.2, 0.25) is 0 Å². The molecule has 1 atom stereocenters. The largest absolute Gasteiger partial charge is 0.361 e. The molecule has 1 aliphatic heterocycles. The van der Waals surface area contributed by atoms with Gasteiger partial charge in [-0.3, -0.25) is 9.89 Å². The van der Waals surface area contributed by atoms with Gasteiger partial charge < -0.3 is 20.1 Å². The zero-order valence-electron chi connectivity index (χ0n) is 17.5. The van der Waals surface area contributed by atoms with Crippen molar-refractivity contribution in [2.24, 2.45) is 0 Å². The van der Waals surface area contributed by atoms with Gasteiger partial charge in [-0.25, -0.2) is 4.79 Å². The highest BCUT2D eigenvalue weighted by atomic mass is 16.5. The number of carbonyl (C=O) groups excluding carboxylic acids is 2. The second kappa shape index (κ2) is 8.67. The normalized spacial score (nSPS) is 16.7. The first-order chi connectivity index (χ1) is 13.8. The van der Waals surface area contributed by atoms with Crippen molar-refractivity contribution in [2.45, 2.75) is 71.4 Å². The van der Waals surface area contributed by atoms with Gasteiger partial charge in [-0.05, 0) is 40.0 Å². The maximum absolute atomic E-state index is 12.3. The summed E-state index contributed by atoms with van der Waals surface area (Å²) >= 11 is 0. The molecule has 0 radical (unpaired) electrons. The SMILES string of the molecule is CCC[C@@H](CCc1cc(NC(=O)Cc2cc(C)no2)n[nH]1)N1CC(C)(C)NC1=O. The fraction of sp³-hybridized carbons (Fsp3) is 0.600. The van der Waals surface area contributed by atoms with Crippen LogP contribution in [0, 0.1) is 6.92 Å². The summed E-state index contributed by atoms with van der Waals surface area (Å²) in [5.74, 6) is 0.789. The Morgan fingerprint density at radius 3 is 2.79 bits per heavy atom. The Bertz CT molecular complexity index is 856. The minimum Gasteiger partial charge on any atom is -0.361 e. The summed E-state index contributed by atoms with van der Waals surface area (Å²) in [5.41, 5.74) is 1.47. The lowest BCUT2D eigenvalue weighted by Crippen LogP contribution is -2.38. The summed E-state index contributed by atoms with van der Waals surface area (Å²) in [5, 5.41) is 16.7. The molecule has 1 saturated heterocycles. The molecule has 158 valence electrons. The number of amides is 3. The van der Waals surface area contributed by atoms with Crippen molar-refractivity contribution in [1.29, 1.82) is 0 Å². The van der Waals surface area contributed by atoms with E-state index in [2.05, 4.69) is 32.9 Å². The number of H-pyrrole nitrogens is 1. The van der Waals surface area contributed by atoms with Crippen LogP contribution in [0.1, 0.15) is 57.2 Å². The van der Waals surface area contributed by atoms with Crippen LogP contribution in [0.25, 0.3) is 0 Å². The number of aromatic amines is 1. The number of rotatable bonds is 9. The molecular weight excluding hydrogens is 372 g/mol. The minimum absolute atomic E-state index is 0.00802. The van der Waals surface area contributed by atoms with E-state index in [9.17, 15) is 9.59 Å². The lowest BCUT2D eigenvalue weighted by Gasteiger charge is -2.27. The van der Waals surface area contributed by atoms with Crippen molar-refractivity contribution in [3.05, 3.63) is 29.3 Å². The van der Waals surface area contributed by atoms with E-state index in [1.807, 2.05) is 31.7 Å². The Hall–Kier alpha value is -2.84. The Labute approximate surface area is 170 Å². The molecule has 3 rings (SSSR count). The monoisotopic (exact) mass is 402 g/mol. The topological polar surface area (TPSA) is 116 Å². The Kier molecular flexibility index (Phi) is 6.24. The van der Waals surface area contributed by atoms with Gasteiger partial charge in [-0.2, -0.15) is 5.10 Å². The summed E-state index contributed by atoms with van der Waals surface area (Å²) in [6.07, 6.45) is 3.67. The molecule has 0 bridgehead atoms. The van der Waals surface area contributed by atoms with Crippen LogP contribution >= 0.6 is 0 Å². The molecular formula is C20H30N6O3. The smallest absolute Gasteiger partial charge is 0.318 e. The average Bonchev–Trinajstić information content (AvgIpc) is 3.31. The van der Waals surface area contributed by atoms with Gasteiger partial charge in [0.05, 0.1) is 17.7 Å². The molecule has 0 unspecified atom stereocenters. The van der Waals surface area contributed by atoms with E-state index in [0.717, 1.165) is 37.1 Å². The zero-order valence-corrected chi connectivity index (χ0v) is 17.5. The number of aryl methyl sites for hydroxylation is 2. The molecule has 0 aromatic carbocycles. The average molecular weight is 402 g/mol. The van der Waals surface area contributed by atoms with E-state index in [4.69, 9.17) is 4.52 Å². The van der Waals surface area contributed by atoms with E-state index in [1.54, 1.807) is 6.07 Å². The van der Waals surface area contributed by atoms with Crippen LogP contribution in [-0.4, -0.2) is 50.3 Å². The summed E-state index contributed by atoms with van der Waals surface area (Å²) in [6, 6.07) is 3.76. The van der Waals surface area contributed by atoms with E-state index in [-0.39, 0.29) is 29.9 Å². The standard InChI is InChI=1S/C20H30N6O3/c1-5-6-15(26-12-20(3,4)22-19(26)28)8-7-14-10-17(24-23-14)21-18(27)11-16-9-13(2)25-29-16/h9-10,15H,5-8,11-12H2,1-4H3,(H,22,28)(H2,21,23,24,27)/t15-/m0/s1. The third kappa shape index (κ3) is 5.58. The van der Waals surface area contributed by atoms with Crippen molar-refractivity contribution >= 4 is 17.8 Å². The molecule has 2 aromatic rings. The minimum atomic E-state index is -0.209. The number of anilines is 1. The summed E-state index contributed by atoms with van der Waals surface area (Å²) < 4.78 is 5.06.